The summed E-state index contributed by atoms with van der Waals surface area (Å²) in [5.74, 6) is 0.516. The Balaban J connectivity index is 1.96. The number of pyridine rings is 1. The van der Waals surface area contributed by atoms with Gasteiger partial charge in [0.1, 0.15) is 0 Å². The number of rotatable bonds is 2. The van der Waals surface area contributed by atoms with Crippen molar-refractivity contribution < 1.29 is 0 Å². The van der Waals surface area contributed by atoms with Gasteiger partial charge in [-0.05, 0) is 43.4 Å². The van der Waals surface area contributed by atoms with Gasteiger partial charge in [-0.3, -0.25) is 4.98 Å². The molecule has 1 aliphatic rings. The van der Waals surface area contributed by atoms with Gasteiger partial charge < -0.3 is 0 Å². The van der Waals surface area contributed by atoms with Crippen molar-refractivity contribution in [2.75, 3.05) is 0 Å². The fourth-order valence-corrected chi connectivity index (χ4v) is 2.80. The summed E-state index contributed by atoms with van der Waals surface area (Å²) >= 11 is 0. The smallest absolute Gasteiger partial charge is 0.0702 e. The van der Waals surface area contributed by atoms with Crippen molar-refractivity contribution in [1.29, 1.82) is 0 Å². The number of nitrogens with zero attached hydrogens (tertiary/aromatic N) is 1. The fraction of sp³-hybridized carbons (Fsp3) is 0.353. The minimum absolute atomic E-state index is 0.516. The molecule has 1 heteroatoms. The van der Waals surface area contributed by atoms with Crippen molar-refractivity contribution in [1.82, 2.24) is 4.98 Å². The molecule has 1 unspecified atom stereocenters. The number of hydrogen-bond donors (Lipinski definition) is 0. The predicted octanol–water partition coefficient (Wildman–Crippen LogP) is 4.84. The first kappa shape index (κ1) is 11.5. The molecule has 1 aliphatic carbocycles. The maximum Gasteiger partial charge on any atom is 0.0702 e. The first-order valence-corrected chi connectivity index (χ1v) is 6.88. The van der Waals surface area contributed by atoms with Gasteiger partial charge in [-0.2, -0.15) is 0 Å². The lowest BCUT2D eigenvalue weighted by molar-refractivity contribution is 0.657. The molecule has 3 rings (SSSR count). The lowest BCUT2D eigenvalue weighted by Crippen LogP contribution is -2.02. The summed E-state index contributed by atoms with van der Waals surface area (Å²) in [4.78, 5) is 4.57. The Kier molecular flexibility index (Phi) is 3.14. The molecule has 0 spiro atoms. The molecule has 1 aromatic carbocycles. The van der Waals surface area contributed by atoms with Gasteiger partial charge >= 0.3 is 0 Å². The highest BCUT2D eigenvalue weighted by Crippen LogP contribution is 2.31. The summed E-state index contributed by atoms with van der Waals surface area (Å²) < 4.78 is 0. The first-order chi connectivity index (χ1) is 8.84. The molecule has 0 radical (unpaired) electrons. The highest BCUT2D eigenvalue weighted by molar-refractivity contribution is 5.78. The third-order valence-corrected chi connectivity index (χ3v) is 3.99. The highest BCUT2D eigenvalue weighted by atomic mass is 14.6. The lowest BCUT2D eigenvalue weighted by Gasteiger charge is -2.20. The normalized spacial score (nSPS) is 17.5. The average molecular weight is 237 g/mol. The molecular formula is C17H19N. The van der Waals surface area contributed by atoms with Crippen LogP contribution in [0.4, 0.5) is 0 Å². The van der Waals surface area contributed by atoms with Gasteiger partial charge in [0.2, 0.25) is 0 Å². The molecule has 1 atom stereocenters. The van der Waals surface area contributed by atoms with E-state index < -0.39 is 0 Å². The van der Waals surface area contributed by atoms with Crippen LogP contribution in [0.5, 0.6) is 0 Å². The minimum atomic E-state index is 0.516. The van der Waals surface area contributed by atoms with E-state index in [4.69, 9.17) is 0 Å². The molecule has 0 bridgehead atoms. The van der Waals surface area contributed by atoms with E-state index >= 15 is 0 Å². The summed E-state index contributed by atoms with van der Waals surface area (Å²) in [5, 5.41) is 1.25. The third-order valence-electron chi connectivity index (χ3n) is 3.99. The molecule has 0 saturated carbocycles. The van der Waals surface area contributed by atoms with E-state index in [9.17, 15) is 0 Å². The van der Waals surface area contributed by atoms with Crippen molar-refractivity contribution in [3.63, 3.8) is 0 Å². The van der Waals surface area contributed by atoms with E-state index in [0.717, 1.165) is 5.52 Å². The van der Waals surface area contributed by atoms with Crippen LogP contribution in [0.3, 0.4) is 0 Å². The highest BCUT2D eigenvalue weighted by Gasteiger charge is 2.14. The number of aromatic nitrogens is 1. The first-order valence-electron chi connectivity index (χ1n) is 6.88. The molecule has 1 aromatic heterocycles. The Morgan fingerprint density at radius 2 is 2.06 bits per heavy atom. The molecule has 18 heavy (non-hydrogen) atoms. The van der Waals surface area contributed by atoms with Crippen LogP contribution in [0.25, 0.3) is 10.9 Å². The standard InChI is InChI=1S/C17H19N/c1-13(14-7-3-2-4-8-14)16-11-15-9-5-6-10-17(15)18-12-16/h5-7,9-13H,2-4,8H2,1H3. The zero-order chi connectivity index (χ0) is 12.4. The van der Waals surface area contributed by atoms with Crippen molar-refractivity contribution >= 4 is 10.9 Å². The number of para-hydroxylation sites is 1. The van der Waals surface area contributed by atoms with E-state index in [1.165, 1.54) is 36.6 Å². The molecule has 1 nitrogen and oxygen atoms in total. The summed E-state index contributed by atoms with van der Waals surface area (Å²) in [6.45, 7) is 2.31. The summed E-state index contributed by atoms with van der Waals surface area (Å²) in [7, 11) is 0. The van der Waals surface area contributed by atoms with Crippen LogP contribution >= 0.6 is 0 Å². The van der Waals surface area contributed by atoms with Crippen molar-refractivity contribution in [2.45, 2.75) is 38.5 Å². The summed E-state index contributed by atoms with van der Waals surface area (Å²) in [6.07, 6.45) is 9.68. The molecule has 0 aliphatic heterocycles. The summed E-state index contributed by atoms with van der Waals surface area (Å²) in [6, 6.07) is 10.6. The number of allylic oxidation sites excluding steroid dienone is 2. The van der Waals surface area contributed by atoms with Gasteiger partial charge in [0.15, 0.2) is 0 Å². The zero-order valence-electron chi connectivity index (χ0n) is 10.9. The van der Waals surface area contributed by atoms with Crippen LogP contribution in [0.1, 0.15) is 44.1 Å². The summed E-state index contributed by atoms with van der Waals surface area (Å²) in [5.41, 5.74) is 4.03. The van der Waals surface area contributed by atoms with Gasteiger partial charge in [-0.15, -0.1) is 0 Å². The molecule has 0 amide bonds. The van der Waals surface area contributed by atoms with E-state index in [0.29, 0.717) is 5.92 Å². The lowest BCUT2D eigenvalue weighted by atomic mass is 9.86. The number of hydrogen-bond acceptors (Lipinski definition) is 1. The van der Waals surface area contributed by atoms with E-state index in [1.807, 2.05) is 12.3 Å². The van der Waals surface area contributed by atoms with Crippen LogP contribution in [0, 0.1) is 0 Å². The molecule has 0 saturated heterocycles. The van der Waals surface area contributed by atoms with Gasteiger partial charge in [-0.25, -0.2) is 0 Å². The van der Waals surface area contributed by atoms with E-state index in [1.54, 1.807) is 5.57 Å². The molecule has 0 N–H and O–H groups in total. The van der Waals surface area contributed by atoms with Gasteiger partial charge in [0, 0.05) is 17.5 Å². The fourth-order valence-electron chi connectivity index (χ4n) is 2.80. The van der Waals surface area contributed by atoms with Crippen LogP contribution in [-0.2, 0) is 0 Å². The number of fused-ring (bicyclic) bond motifs is 1. The Labute approximate surface area is 109 Å². The molecule has 0 fully saturated rings. The second-order valence-electron chi connectivity index (χ2n) is 5.21. The monoisotopic (exact) mass is 237 g/mol. The van der Waals surface area contributed by atoms with E-state index in [2.05, 4.69) is 42.2 Å². The van der Waals surface area contributed by atoms with Crippen molar-refractivity contribution in [3.8, 4) is 0 Å². The van der Waals surface area contributed by atoms with E-state index in [-0.39, 0.29) is 0 Å². The molecule has 92 valence electrons. The maximum absolute atomic E-state index is 4.57. The SMILES string of the molecule is CC(C1=CCCCC1)c1cnc2ccccc2c1. The molecule has 2 aromatic rings. The van der Waals surface area contributed by atoms with Crippen molar-refractivity contribution in [3.05, 3.63) is 53.7 Å². The van der Waals surface area contributed by atoms with Crippen LogP contribution in [0.15, 0.2) is 48.2 Å². The Bertz CT molecular complexity index is 583. The second kappa shape index (κ2) is 4.93. The quantitative estimate of drug-likeness (QED) is 0.681. The largest absolute Gasteiger partial charge is 0.256 e. The topological polar surface area (TPSA) is 12.9 Å². The van der Waals surface area contributed by atoms with Crippen LogP contribution in [0.2, 0.25) is 0 Å². The Hall–Kier alpha value is -1.63. The maximum atomic E-state index is 4.57. The predicted molar refractivity (Wildman–Crippen MR) is 76.7 cm³/mol. The molecule has 1 heterocycles. The van der Waals surface area contributed by atoms with Gasteiger partial charge in [-0.1, -0.05) is 36.8 Å². The minimum Gasteiger partial charge on any atom is -0.256 e. The number of benzene rings is 1. The van der Waals surface area contributed by atoms with Crippen LogP contribution < -0.4 is 0 Å². The second-order valence-corrected chi connectivity index (χ2v) is 5.21. The van der Waals surface area contributed by atoms with Crippen molar-refractivity contribution in [2.24, 2.45) is 0 Å². The van der Waals surface area contributed by atoms with Gasteiger partial charge in [0.05, 0.1) is 5.52 Å². The molecular weight excluding hydrogens is 218 g/mol. The van der Waals surface area contributed by atoms with Crippen LogP contribution in [-0.4, -0.2) is 4.98 Å². The average Bonchev–Trinajstić information content (AvgIpc) is 2.47. The Morgan fingerprint density at radius 3 is 2.89 bits per heavy atom. The van der Waals surface area contributed by atoms with Gasteiger partial charge in [0.25, 0.3) is 0 Å². The Morgan fingerprint density at radius 1 is 1.17 bits per heavy atom. The zero-order valence-corrected chi connectivity index (χ0v) is 10.9. The third kappa shape index (κ3) is 2.17.